The van der Waals surface area contributed by atoms with Gasteiger partial charge >= 0.3 is 0 Å². The molecule has 0 bridgehead atoms. The zero-order valence-electron chi connectivity index (χ0n) is 15.1. The van der Waals surface area contributed by atoms with Crippen molar-refractivity contribution in [2.24, 2.45) is 0 Å². The van der Waals surface area contributed by atoms with E-state index in [4.69, 9.17) is 23.2 Å². The van der Waals surface area contributed by atoms with Gasteiger partial charge in [-0.3, -0.25) is 0 Å². The summed E-state index contributed by atoms with van der Waals surface area (Å²) >= 11 is 12.2. The van der Waals surface area contributed by atoms with Crippen molar-refractivity contribution in [2.45, 2.75) is 31.7 Å². The van der Waals surface area contributed by atoms with Crippen molar-refractivity contribution < 1.29 is 5.11 Å². The van der Waals surface area contributed by atoms with E-state index in [1.54, 1.807) is 12.3 Å². The standard InChI is InChI=1S/C20H20Cl2N4O.ClH/c21-14-5-4-13(17(22)11-14)8-10-23-15-6-7-18-16(12-15)20(27)26(25-18)19-3-1-2-9-24-19;/h1-5,9,11,15,23,27H,6-8,10,12H2;1H. The maximum Gasteiger partial charge on any atom is 0.219 e. The number of pyridine rings is 1. The largest absolute Gasteiger partial charge is 0.493 e. The number of nitrogens with zero attached hydrogens (tertiary/aromatic N) is 3. The van der Waals surface area contributed by atoms with Crippen LogP contribution in [0.2, 0.25) is 10.0 Å². The van der Waals surface area contributed by atoms with Gasteiger partial charge in [-0.25, -0.2) is 4.98 Å². The topological polar surface area (TPSA) is 63.0 Å². The lowest BCUT2D eigenvalue weighted by atomic mass is 9.93. The van der Waals surface area contributed by atoms with E-state index < -0.39 is 0 Å². The van der Waals surface area contributed by atoms with E-state index in [1.807, 2.05) is 30.3 Å². The molecule has 28 heavy (non-hydrogen) atoms. The average molecular weight is 440 g/mol. The van der Waals surface area contributed by atoms with Gasteiger partial charge in [0.05, 0.1) is 5.69 Å². The Balaban J connectivity index is 0.00000225. The molecule has 1 unspecified atom stereocenters. The van der Waals surface area contributed by atoms with Crippen LogP contribution in [0, 0.1) is 0 Å². The molecule has 1 aromatic carbocycles. The van der Waals surface area contributed by atoms with Crippen LogP contribution in [0.5, 0.6) is 5.88 Å². The minimum Gasteiger partial charge on any atom is -0.493 e. The Morgan fingerprint density at radius 1 is 1.21 bits per heavy atom. The Hall–Kier alpha value is -1.79. The quantitative estimate of drug-likeness (QED) is 0.619. The third-order valence-electron chi connectivity index (χ3n) is 4.93. The molecule has 1 aliphatic rings. The van der Waals surface area contributed by atoms with Crippen LogP contribution in [-0.2, 0) is 19.3 Å². The molecule has 0 aliphatic heterocycles. The summed E-state index contributed by atoms with van der Waals surface area (Å²) in [7, 11) is 0. The van der Waals surface area contributed by atoms with E-state index in [2.05, 4.69) is 15.4 Å². The molecule has 148 valence electrons. The number of benzene rings is 1. The lowest BCUT2D eigenvalue weighted by molar-refractivity contribution is 0.413. The third-order valence-corrected chi connectivity index (χ3v) is 5.52. The van der Waals surface area contributed by atoms with Crippen molar-refractivity contribution in [3.8, 4) is 11.7 Å². The summed E-state index contributed by atoms with van der Waals surface area (Å²) in [6, 6.07) is 11.5. The first-order valence-corrected chi connectivity index (χ1v) is 9.76. The van der Waals surface area contributed by atoms with Crippen molar-refractivity contribution in [1.82, 2.24) is 20.1 Å². The second-order valence-electron chi connectivity index (χ2n) is 6.73. The fourth-order valence-electron chi connectivity index (χ4n) is 3.50. The number of hydrogen-bond acceptors (Lipinski definition) is 4. The molecule has 0 spiro atoms. The molecule has 1 atom stereocenters. The highest BCUT2D eigenvalue weighted by Crippen LogP contribution is 2.30. The highest BCUT2D eigenvalue weighted by Gasteiger charge is 2.26. The number of hydrogen-bond donors (Lipinski definition) is 2. The van der Waals surface area contributed by atoms with Gasteiger partial charge < -0.3 is 10.4 Å². The van der Waals surface area contributed by atoms with Gasteiger partial charge in [0.1, 0.15) is 0 Å². The molecule has 0 saturated heterocycles. The maximum absolute atomic E-state index is 10.6. The van der Waals surface area contributed by atoms with Crippen LogP contribution in [0.4, 0.5) is 0 Å². The van der Waals surface area contributed by atoms with Crippen LogP contribution in [0.3, 0.4) is 0 Å². The van der Waals surface area contributed by atoms with Gasteiger partial charge in [0.15, 0.2) is 5.82 Å². The average Bonchev–Trinajstić information content (AvgIpc) is 3.01. The van der Waals surface area contributed by atoms with Crippen molar-refractivity contribution in [3.63, 3.8) is 0 Å². The Morgan fingerprint density at radius 3 is 2.82 bits per heavy atom. The van der Waals surface area contributed by atoms with Crippen molar-refractivity contribution in [3.05, 3.63) is 69.5 Å². The Labute approximate surface area is 180 Å². The van der Waals surface area contributed by atoms with Gasteiger partial charge in [0.25, 0.3) is 0 Å². The summed E-state index contributed by atoms with van der Waals surface area (Å²) < 4.78 is 1.53. The van der Waals surface area contributed by atoms with Crippen LogP contribution in [-0.4, -0.2) is 32.5 Å². The smallest absolute Gasteiger partial charge is 0.219 e. The van der Waals surface area contributed by atoms with Crippen LogP contribution < -0.4 is 5.32 Å². The van der Waals surface area contributed by atoms with Crippen LogP contribution in [0.25, 0.3) is 5.82 Å². The Morgan fingerprint density at radius 2 is 2.07 bits per heavy atom. The van der Waals surface area contributed by atoms with Gasteiger partial charge in [-0.1, -0.05) is 35.3 Å². The molecule has 4 rings (SSSR count). The summed E-state index contributed by atoms with van der Waals surface area (Å²) in [5.74, 6) is 0.822. The van der Waals surface area contributed by atoms with Crippen molar-refractivity contribution in [1.29, 1.82) is 0 Å². The molecule has 0 radical (unpaired) electrons. The van der Waals surface area contributed by atoms with Crippen molar-refractivity contribution >= 4 is 35.6 Å². The molecule has 1 aliphatic carbocycles. The highest BCUT2D eigenvalue weighted by atomic mass is 35.5. The first-order chi connectivity index (χ1) is 13.1. The predicted octanol–water partition coefficient (Wildman–Crippen LogP) is 4.39. The van der Waals surface area contributed by atoms with E-state index in [9.17, 15) is 5.11 Å². The van der Waals surface area contributed by atoms with E-state index in [-0.39, 0.29) is 18.3 Å². The lowest BCUT2D eigenvalue weighted by Crippen LogP contribution is -2.35. The Bertz CT molecular complexity index is 946. The van der Waals surface area contributed by atoms with Gasteiger partial charge in [-0.05, 0) is 62.1 Å². The van der Waals surface area contributed by atoms with Crippen LogP contribution >= 0.6 is 35.6 Å². The fourth-order valence-corrected chi connectivity index (χ4v) is 4.01. The number of nitrogens with one attached hydrogen (secondary N) is 1. The second-order valence-corrected chi connectivity index (χ2v) is 7.57. The van der Waals surface area contributed by atoms with E-state index >= 15 is 0 Å². The molecule has 5 nitrogen and oxygen atoms in total. The van der Waals surface area contributed by atoms with Gasteiger partial charge in [0.2, 0.25) is 5.88 Å². The summed E-state index contributed by atoms with van der Waals surface area (Å²) in [6.45, 7) is 0.816. The lowest BCUT2D eigenvalue weighted by Gasteiger charge is -2.22. The first kappa shape index (κ1) is 20.9. The van der Waals surface area contributed by atoms with Gasteiger partial charge in [-0.2, -0.15) is 9.78 Å². The molecule has 2 aromatic heterocycles. The normalized spacial score (nSPS) is 15.7. The summed E-state index contributed by atoms with van der Waals surface area (Å²) in [6.07, 6.45) is 5.10. The predicted molar refractivity (Wildman–Crippen MR) is 114 cm³/mol. The molecule has 0 saturated carbocycles. The number of fused-ring (bicyclic) bond motifs is 1. The summed E-state index contributed by atoms with van der Waals surface area (Å²) in [4.78, 5) is 4.27. The van der Waals surface area contributed by atoms with Crippen LogP contribution in [0.1, 0.15) is 23.2 Å². The molecule has 8 heteroatoms. The van der Waals surface area contributed by atoms with E-state index in [1.165, 1.54) is 4.68 Å². The van der Waals surface area contributed by atoms with Crippen LogP contribution in [0.15, 0.2) is 42.6 Å². The molecule has 0 fully saturated rings. The first-order valence-electron chi connectivity index (χ1n) is 9.00. The number of halogens is 3. The number of rotatable bonds is 5. The minimum absolute atomic E-state index is 0. The van der Waals surface area contributed by atoms with Gasteiger partial charge in [0, 0.05) is 27.8 Å². The minimum atomic E-state index is 0. The van der Waals surface area contributed by atoms with E-state index in [0.29, 0.717) is 21.9 Å². The number of aromatic nitrogens is 3. The monoisotopic (exact) mass is 438 g/mol. The molecule has 0 amide bonds. The maximum atomic E-state index is 10.6. The molecule has 2 N–H and O–H groups in total. The second kappa shape index (κ2) is 9.14. The zero-order valence-corrected chi connectivity index (χ0v) is 17.4. The summed E-state index contributed by atoms with van der Waals surface area (Å²) in [5, 5.41) is 20.1. The SMILES string of the molecule is Cl.Oc1c2c(nn1-c1ccccn1)CCC(NCCc1ccc(Cl)cc1Cl)C2. The molecule has 3 aromatic rings. The van der Waals surface area contributed by atoms with E-state index in [0.717, 1.165) is 49.0 Å². The molecular formula is C20H21Cl3N4O. The number of aromatic hydroxyl groups is 1. The molecule has 2 heterocycles. The Kier molecular flexibility index (Phi) is 6.83. The fraction of sp³-hybridized carbons (Fsp3) is 0.300. The highest BCUT2D eigenvalue weighted by molar-refractivity contribution is 6.35. The third kappa shape index (κ3) is 4.44. The summed E-state index contributed by atoms with van der Waals surface area (Å²) in [5.41, 5.74) is 2.95. The zero-order chi connectivity index (χ0) is 18.8. The molecular weight excluding hydrogens is 419 g/mol. The van der Waals surface area contributed by atoms with Crippen molar-refractivity contribution in [2.75, 3.05) is 6.54 Å². The number of aryl methyl sites for hydroxylation is 1. The van der Waals surface area contributed by atoms with Gasteiger partial charge in [-0.15, -0.1) is 12.4 Å².